The van der Waals surface area contributed by atoms with Crippen LogP contribution in [0.2, 0.25) is 0 Å². The molecule has 0 saturated heterocycles. The molecule has 0 fully saturated rings. The molecule has 0 aliphatic rings. The molecule has 4 nitrogen and oxygen atoms in total. The molecule has 275 valence electrons. The third kappa shape index (κ3) is 9.83. The summed E-state index contributed by atoms with van der Waals surface area (Å²) in [5, 5.41) is 12.6. The van der Waals surface area contributed by atoms with Crippen LogP contribution in [0.15, 0.2) is 72.7 Å². The molecule has 0 aliphatic heterocycles. The van der Waals surface area contributed by atoms with Gasteiger partial charge in [0.1, 0.15) is 7.67 Å². The van der Waals surface area contributed by atoms with Crippen molar-refractivity contribution in [3.63, 3.8) is 0 Å². The van der Waals surface area contributed by atoms with E-state index in [1.165, 1.54) is 33.0 Å². The van der Waals surface area contributed by atoms with Crippen molar-refractivity contribution in [2.45, 2.75) is 95.4 Å². The minimum absolute atomic E-state index is 0. The first kappa shape index (κ1) is 40.6. The van der Waals surface area contributed by atoms with E-state index in [1.54, 1.807) is 11.3 Å². The monoisotopic (exact) mass is 883 g/mol. The maximum atomic E-state index is 12.3. The number of allylic oxidation sites excluding steroid dienone is 2. The Balaban J connectivity index is 0.000000317. The van der Waals surface area contributed by atoms with Crippen LogP contribution in [-0.2, 0) is 30.3 Å². The number of aliphatic hydroxyl groups is 1. The van der Waals surface area contributed by atoms with E-state index in [1.807, 2.05) is 6.07 Å². The first-order valence-electron chi connectivity index (χ1n) is 18.6. The molecule has 0 bridgehead atoms. The van der Waals surface area contributed by atoms with E-state index >= 15 is 0 Å². The second kappa shape index (κ2) is 17.6. The molecule has 5 aromatic rings. The number of carbonyl (C=O) groups is 1. The molecule has 6 heteroatoms. The van der Waals surface area contributed by atoms with Crippen molar-refractivity contribution >= 4 is 38.1 Å². The molecule has 1 N–H and O–H groups in total. The van der Waals surface area contributed by atoms with Crippen LogP contribution >= 0.6 is 11.3 Å². The molecular weight excluding hydrogens is 825 g/mol. The van der Waals surface area contributed by atoms with Crippen LogP contribution in [-0.4, -0.2) is 20.9 Å². The zero-order chi connectivity index (χ0) is 37.9. The van der Waals surface area contributed by atoms with E-state index in [0.717, 1.165) is 32.4 Å². The first-order valence-corrected chi connectivity index (χ1v) is 18.9. The quantitative estimate of drug-likeness (QED) is 0.0910. The van der Waals surface area contributed by atoms with Crippen LogP contribution in [0.3, 0.4) is 0 Å². The molecule has 3 aromatic carbocycles. The number of hydrogen-bond acceptors (Lipinski definition) is 5. The topological polar surface area (TPSA) is 63.1 Å². The summed E-state index contributed by atoms with van der Waals surface area (Å²) >= 11 is 1.70. The van der Waals surface area contributed by atoms with Crippen molar-refractivity contribution in [2.24, 2.45) is 35.5 Å². The van der Waals surface area contributed by atoms with Gasteiger partial charge in [0.25, 0.3) is 0 Å². The molecule has 0 aliphatic carbocycles. The van der Waals surface area contributed by atoms with Gasteiger partial charge in [-0.1, -0.05) is 135 Å². The van der Waals surface area contributed by atoms with Gasteiger partial charge in [-0.05, 0) is 54.1 Å². The smallest absolute Gasteiger partial charge is 0.162 e. The summed E-state index contributed by atoms with van der Waals surface area (Å²) in [6.45, 7) is 27.5. The molecule has 2 heterocycles. The van der Waals surface area contributed by atoms with E-state index < -0.39 is 0 Å². The minimum atomic E-state index is -0.0299. The molecule has 51 heavy (non-hydrogen) atoms. The van der Waals surface area contributed by atoms with E-state index in [-0.39, 0.29) is 55.2 Å². The van der Waals surface area contributed by atoms with Gasteiger partial charge in [0.05, 0.1) is 11.3 Å². The Morgan fingerprint density at radius 1 is 0.863 bits per heavy atom. The maximum Gasteiger partial charge on any atom is 0.162 e. The number of carbonyl (C=O) groups excluding carboxylic acids is 1. The van der Waals surface area contributed by atoms with Crippen molar-refractivity contribution in [3.8, 4) is 21.7 Å². The van der Waals surface area contributed by atoms with Crippen LogP contribution in [0.5, 0.6) is 0 Å². The van der Waals surface area contributed by atoms with Crippen LogP contribution in [0, 0.1) is 55.4 Å². The summed E-state index contributed by atoms with van der Waals surface area (Å²) in [5.41, 5.74) is 7.31. The second-order valence-electron chi connectivity index (χ2n) is 16.2. The zero-order valence-electron chi connectivity index (χ0n) is 33.7. The fourth-order valence-corrected chi connectivity index (χ4v) is 8.59. The Labute approximate surface area is 326 Å². The Morgan fingerprint density at radius 3 is 1.98 bits per heavy atom. The molecular formula is C45H57IrN2O2S-. The predicted molar refractivity (Wildman–Crippen MR) is 215 cm³/mol. The summed E-state index contributed by atoms with van der Waals surface area (Å²) in [4.78, 5) is 22.6. The van der Waals surface area contributed by atoms with Crippen molar-refractivity contribution in [2.75, 3.05) is 0 Å². The van der Waals surface area contributed by atoms with Gasteiger partial charge < -0.3 is 5.11 Å². The van der Waals surface area contributed by atoms with Crippen LogP contribution < -0.4 is 0 Å². The summed E-state index contributed by atoms with van der Waals surface area (Å²) in [5.74, 6) is 1.63. The van der Waals surface area contributed by atoms with E-state index in [2.05, 4.69) is 155 Å². The summed E-state index contributed by atoms with van der Waals surface area (Å²) in [6.07, 6.45) is 1.53. The third-order valence-corrected chi connectivity index (χ3v) is 11.0. The molecule has 0 spiro atoms. The number of nitrogens with zero attached hydrogens (tertiary/aromatic N) is 2. The van der Waals surface area contributed by atoms with Gasteiger partial charge >= 0.3 is 0 Å². The SMILES string of the molecule is CC(C)C(C(=O)/C=C(\O)C(C(C)C)C(C)C)C(C)C.[2H]c1nc(-c2[c-]c3ccccc3c(C(C)(C)C)c2)c2sc(-c3ccc(C)cc3)c(C)c2n1.[Ir]. The molecule has 2 aromatic heterocycles. The van der Waals surface area contributed by atoms with Gasteiger partial charge in [-0.3, -0.25) is 9.78 Å². The predicted octanol–water partition coefficient (Wildman–Crippen LogP) is 12.7. The molecule has 0 saturated carbocycles. The summed E-state index contributed by atoms with van der Waals surface area (Å²) < 4.78 is 9.33. The fourth-order valence-electron chi connectivity index (χ4n) is 7.33. The normalized spacial score (nSPS) is 12.7. The van der Waals surface area contributed by atoms with Crippen LogP contribution in [0.25, 0.3) is 42.7 Å². The Bertz CT molecular complexity index is 2000. The average Bonchev–Trinajstić information content (AvgIpc) is 3.35. The number of aliphatic hydroxyl groups excluding tert-OH is 1. The number of rotatable bonds is 9. The number of aryl methyl sites for hydroxylation is 2. The summed E-state index contributed by atoms with van der Waals surface area (Å²) in [7, 11) is 0. The van der Waals surface area contributed by atoms with Crippen molar-refractivity contribution in [1.29, 1.82) is 0 Å². The van der Waals surface area contributed by atoms with Gasteiger partial charge in [0.15, 0.2) is 5.78 Å². The Kier molecular flexibility index (Phi) is 14.0. The van der Waals surface area contributed by atoms with Crippen molar-refractivity contribution < 1.29 is 31.4 Å². The van der Waals surface area contributed by atoms with E-state index in [0.29, 0.717) is 23.7 Å². The third-order valence-electron chi connectivity index (χ3n) is 9.64. The van der Waals surface area contributed by atoms with Gasteiger partial charge in [-0.2, -0.15) is 0 Å². The number of ketones is 1. The van der Waals surface area contributed by atoms with E-state index in [4.69, 9.17) is 1.37 Å². The molecule has 0 atom stereocenters. The van der Waals surface area contributed by atoms with Crippen LogP contribution in [0.1, 0.15) is 94.2 Å². The van der Waals surface area contributed by atoms with E-state index in [9.17, 15) is 9.90 Å². The summed E-state index contributed by atoms with van der Waals surface area (Å²) in [6, 6.07) is 22.7. The van der Waals surface area contributed by atoms with Gasteiger partial charge in [0.2, 0.25) is 0 Å². The number of hydrogen-bond donors (Lipinski definition) is 1. The standard InChI is InChI=1S/C28H25N2S.C17H32O2.Ir/c1-17-10-12-19(13-11-17)26-18(2)24-27(31-26)25(30-16-29-24)21-14-20-8-6-7-9-22(20)23(15-21)28(3,4)5;1-10(2)16(11(3)4)14(18)9-15(19)17(12(5)6)13(7)8;/h6-13,15-16H,1-5H3;9-13,16-18H,1-8H3;/q-1;;/b;14-9-;/i16D;;. The zero-order valence-corrected chi connectivity index (χ0v) is 35.9. The maximum absolute atomic E-state index is 12.3. The largest absolute Gasteiger partial charge is 0.512 e. The van der Waals surface area contributed by atoms with Gasteiger partial charge in [0, 0.05) is 53.3 Å². The Hall–Kier alpha value is -3.18. The molecule has 5 rings (SSSR count). The van der Waals surface area contributed by atoms with Crippen LogP contribution in [0.4, 0.5) is 0 Å². The minimum Gasteiger partial charge on any atom is -0.512 e. The molecule has 0 unspecified atom stereocenters. The van der Waals surface area contributed by atoms with Gasteiger partial charge in [-0.25, -0.2) is 4.98 Å². The first-order chi connectivity index (χ1) is 23.8. The number of benzene rings is 3. The molecule has 0 amide bonds. The average molecular weight is 883 g/mol. The fraction of sp³-hybridized carbons (Fsp3) is 0.444. The number of fused-ring (bicyclic) bond motifs is 2. The number of thiophene rings is 1. The Morgan fingerprint density at radius 2 is 1.43 bits per heavy atom. The molecule has 1 radical (unpaired) electrons. The number of aromatic nitrogens is 2. The van der Waals surface area contributed by atoms with Crippen molar-refractivity contribution in [3.05, 3.63) is 95.5 Å². The van der Waals surface area contributed by atoms with Gasteiger partial charge in [-0.15, -0.1) is 40.5 Å². The van der Waals surface area contributed by atoms with Crippen molar-refractivity contribution in [1.82, 2.24) is 9.97 Å². The second-order valence-corrected chi connectivity index (χ2v) is 17.2.